The van der Waals surface area contributed by atoms with Gasteiger partial charge >= 0.3 is 6.03 Å². The molecule has 1 spiro atoms. The zero-order valence-electron chi connectivity index (χ0n) is 20.8. The number of hydrogen-bond acceptors (Lipinski definition) is 6. The molecule has 5 rings (SSSR count). The van der Waals surface area contributed by atoms with Gasteiger partial charge in [-0.25, -0.2) is 9.79 Å². The van der Waals surface area contributed by atoms with Gasteiger partial charge in [0.25, 0.3) is 5.91 Å². The predicted molar refractivity (Wildman–Crippen MR) is 138 cm³/mol. The molecule has 2 N–H and O–H groups in total. The Kier molecular flexibility index (Phi) is 6.93. The van der Waals surface area contributed by atoms with Crippen LogP contribution < -0.4 is 15.5 Å². The molecule has 3 heterocycles. The molecule has 0 bridgehead atoms. The number of anilines is 2. The van der Waals surface area contributed by atoms with E-state index in [0.717, 1.165) is 23.2 Å². The molecule has 0 unspecified atom stereocenters. The van der Waals surface area contributed by atoms with Gasteiger partial charge in [0.2, 0.25) is 6.17 Å². The van der Waals surface area contributed by atoms with Gasteiger partial charge in [0.15, 0.2) is 5.79 Å². The van der Waals surface area contributed by atoms with Crippen molar-refractivity contribution in [2.24, 2.45) is 4.99 Å². The molecule has 3 aliphatic heterocycles. The lowest BCUT2D eigenvalue weighted by Gasteiger charge is -2.39. The third-order valence-electron chi connectivity index (χ3n) is 6.82. The lowest BCUT2D eigenvalue weighted by Crippen LogP contribution is -2.50. The largest absolute Gasteiger partial charge is 0.356 e. The van der Waals surface area contributed by atoms with Crippen LogP contribution in [0.15, 0.2) is 53.5 Å². The topological polar surface area (TPSA) is 95.5 Å². The van der Waals surface area contributed by atoms with E-state index in [2.05, 4.69) is 15.5 Å². The first kappa shape index (κ1) is 24.3. The van der Waals surface area contributed by atoms with Crippen LogP contribution in [-0.2, 0) is 14.3 Å². The van der Waals surface area contributed by atoms with E-state index in [0.29, 0.717) is 57.2 Å². The third kappa shape index (κ3) is 4.94. The Balaban J connectivity index is 1.44. The fourth-order valence-electron chi connectivity index (χ4n) is 5.07. The number of hydrogen-bond donors (Lipinski definition) is 2. The Labute approximate surface area is 211 Å². The molecule has 1 atom stereocenters. The first-order chi connectivity index (χ1) is 17.5. The summed E-state index contributed by atoms with van der Waals surface area (Å²) in [6.07, 6.45) is 1.15. The average Bonchev–Trinajstić information content (AvgIpc) is 3.29. The Hall–Kier alpha value is -3.43. The van der Waals surface area contributed by atoms with Gasteiger partial charge in [-0.3, -0.25) is 4.79 Å². The summed E-state index contributed by atoms with van der Waals surface area (Å²) in [5.41, 5.74) is 3.37. The maximum Gasteiger partial charge on any atom is 0.321 e. The third-order valence-corrected chi connectivity index (χ3v) is 6.82. The number of urea groups is 1. The second kappa shape index (κ2) is 10.3. The minimum Gasteiger partial charge on any atom is -0.356 e. The molecule has 2 fully saturated rings. The fraction of sp³-hybridized carbons (Fsp3) is 0.444. The number of rotatable bonds is 4. The van der Waals surface area contributed by atoms with E-state index in [1.165, 1.54) is 0 Å². The minimum atomic E-state index is -1.06. The highest BCUT2D eigenvalue weighted by Gasteiger charge is 2.42. The Morgan fingerprint density at radius 2 is 1.86 bits per heavy atom. The zero-order chi connectivity index (χ0) is 25.1. The number of amidine groups is 1. The number of carbonyl (C=O) groups is 2. The van der Waals surface area contributed by atoms with Crippen LogP contribution in [0, 0.1) is 6.92 Å². The Morgan fingerprint density at radius 3 is 2.58 bits per heavy atom. The molecule has 0 aromatic heterocycles. The number of nitrogens with zero attached hydrogens (tertiary/aromatic N) is 3. The highest BCUT2D eigenvalue weighted by Crippen LogP contribution is 2.34. The number of likely N-dealkylation sites (tertiary alicyclic amines) is 1. The zero-order valence-corrected chi connectivity index (χ0v) is 20.8. The molecule has 190 valence electrons. The summed E-state index contributed by atoms with van der Waals surface area (Å²) in [4.78, 5) is 35.4. The maximum absolute atomic E-state index is 13.7. The number of ether oxygens (including phenoxy) is 2. The second-order valence-electron chi connectivity index (χ2n) is 9.42. The maximum atomic E-state index is 13.7. The van der Waals surface area contributed by atoms with Crippen LogP contribution >= 0.6 is 0 Å². The van der Waals surface area contributed by atoms with Gasteiger partial charge in [0.05, 0.1) is 18.9 Å². The van der Waals surface area contributed by atoms with Crippen LogP contribution in [0.2, 0.25) is 0 Å². The number of benzene rings is 2. The molecule has 0 aliphatic carbocycles. The monoisotopic (exact) mass is 491 g/mol. The molecule has 0 saturated carbocycles. The molecule has 3 amide bonds. The number of piperidine rings is 1. The molecule has 9 heteroatoms. The van der Waals surface area contributed by atoms with Gasteiger partial charge in [-0.2, -0.15) is 0 Å². The number of nitrogens with one attached hydrogen (secondary N) is 2. The summed E-state index contributed by atoms with van der Waals surface area (Å²) in [7, 11) is 0. The van der Waals surface area contributed by atoms with Crippen molar-refractivity contribution in [1.82, 2.24) is 10.2 Å². The average molecular weight is 492 g/mol. The van der Waals surface area contributed by atoms with Crippen LogP contribution in [0.5, 0.6) is 0 Å². The van der Waals surface area contributed by atoms with E-state index in [1.54, 1.807) is 4.90 Å². The minimum absolute atomic E-state index is 0.255. The van der Waals surface area contributed by atoms with Crippen LogP contribution in [-0.4, -0.2) is 67.5 Å². The van der Waals surface area contributed by atoms with Crippen molar-refractivity contribution in [1.29, 1.82) is 0 Å². The summed E-state index contributed by atoms with van der Waals surface area (Å²) in [6, 6.07) is 14.9. The van der Waals surface area contributed by atoms with E-state index in [1.807, 2.05) is 62.4 Å². The molecule has 2 saturated heterocycles. The van der Waals surface area contributed by atoms with Gasteiger partial charge in [0, 0.05) is 43.7 Å². The van der Waals surface area contributed by atoms with E-state index in [4.69, 9.17) is 14.5 Å². The van der Waals surface area contributed by atoms with Crippen molar-refractivity contribution in [3.8, 4) is 0 Å². The standard InChI is InChI=1S/C27H33N5O4/c1-3-13-32-22-10-5-4-9-21(22)24(31-14-11-27(12-15-31)35-16-17-36-27)29-23(25(32)33)30-26(34)28-20-8-6-7-19(2)18-20/h4-10,18,23H,3,11-17H2,1-2H3,(H2,28,30,34)/t23-/m0/s1. The molecule has 36 heavy (non-hydrogen) atoms. The molecule has 3 aliphatic rings. The van der Waals surface area contributed by atoms with Crippen molar-refractivity contribution in [3.05, 3.63) is 59.7 Å². The lowest BCUT2D eigenvalue weighted by atomic mass is 10.0. The molecule has 2 aromatic rings. The number of benzodiazepines with no additional fused rings is 1. The summed E-state index contributed by atoms with van der Waals surface area (Å²) in [6.45, 7) is 7.11. The molecule has 9 nitrogen and oxygen atoms in total. The van der Waals surface area contributed by atoms with Crippen LogP contribution in [0.4, 0.5) is 16.2 Å². The summed E-state index contributed by atoms with van der Waals surface area (Å²) in [5, 5.41) is 5.64. The van der Waals surface area contributed by atoms with Crippen LogP contribution in [0.3, 0.4) is 0 Å². The van der Waals surface area contributed by atoms with E-state index >= 15 is 0 Å². The molecule has 2 aromatic carbocycles. The van der Waals surface area contributed by atoms with Gasteiger partial charge in [0.1, 0.15) is 5.84 Å². The van der Waals surface area contributed by atoms with Crippen molar-refractivity contribution in [2.75, 3.05) is 43.1 Å². The summed E-state index contributed by atoms with van der Waals surface area (Å²) >= 11 is 0. The second-order valence-corrected chi connectivity index (χ2v) is 9.42. The fourth-order valence-corrected chi connectivity index (χ4v) is 5.07. The smallest absolute Gasteiger partial charge is 0.321 e. The van der Waals surface area contributed by atoms with Gasteiger partial charge in [-0.1, -0.05) is 31.2 Å². The van der Waals surface area contributed by atoms with Crippen LogP contribution in [0.25, 0.3) is 0 Å². The number of para-hydroxylation sites is 1. The van der Waals surface area contributed by atoms with Gasteiger partial charge in [-0.15, -0.1) is 0 Å². The van der Waals surface area contributed by atoms with Gasteiger partial charge in [-0.05, 0) is 43.2 Å². The number of aliphatic imine (C=N–C) groups is 1. The van der Waals surface area contributed by atoms with Crippen molar-refractivity contribution >= 4 is 29.1 Å². The molecular formula is C27H33N5O4. The first-order valence-electron chi connectivity index (χ1n) is 12.6. The molecule has 0 radical (unpaired) electrons. The van der Waals surface area contributed by atoms with Crippen molar-refractivity contribution in [3.63, 3.8) is 0 Å². The van der Waals surface area contributed by atoms with Gasteiger partial charge < -0.3 is 29.9 Å². The summed E-state index contributed by atoms with van der Waals surface area (Å²) in [5.74, 6) is -0.0719. The van der Waals surface area contributed by atoms with E-state index < -0.39 is 18.0 Å². The molecular weight excluding hydrogens is 458 g/mol. The lowest BCUT2D eigenvalue weighted by molar-refractivity contribution is -0.180. The highest BCUT2D eigenvalue weighted by atomic mass is 16.7. The van der Waals surface area contributed by atoms with Crippen LogP contribution in [0.1, 0.15) is 37.3 Å². The van der Waals surface area contributed by atoms with Crippen molar-refractivity contribution in [2.45, 2.75) is 45.1 Å². The quantitative estimate of drug-likeness (QED) is 0.683. The SMILES string of the molecule is CCCN1C(=O)[C@H](NC(=O)Nc2cccc(C)c2)N=C(N2CCC3(CC2)OCCO3)c2ccccc21. The Morgan fingerprint density at radius 1 is 1.11 bits per heavy atom. The number of carbonyl (C=O) groups excluding carboxylic acids is 2. The summed E-state index contributed by atoms with van der Waals surface area (Å²) < 4.78 is 11.8. The number of aryl methyl sites for hydroxylation is 1. The Bertz CT molecular complexity index is 1150. The normalized spacial score (nSPS) is 21.1. The predicted octanol–water partition coefficient (Wildman–Crippen LogP) is 3.48. The van der Waals surface area contributed by atoms with Crippen molar-refractivity contribution < 1.29 is 19.1 Å². The van der Waals surface area contributed by atoms with E-state index in [9.17, 15) is 9.59 Å². The number of fused-ring (bicyclic) bond motifs is 1. The first-order valence-corrected chi connectivity index (χ1v) is 12.6. The van der Waals surface area contributed by atoms with E-state index in [-0.39, 0.29) is 5.91 Å². The number of amides is 3. The highest BCUT2D eigenvalue weighted by molar-refractivity contribution is 6.12.